The fraction of sp³-hybridized carbons (Fsp3) is 0. The van der Waals surface area contributed by atoms with E-state index in [1.165, 1.54) is 81.1 Å². The van der Waals surface area contributed by atoms with Crippen molar-refractivity contribution in [3.63, 3.8) is 0 Å². The Labute approximate surface area is 319 Å². The molecule has 10 aromatic rings. The lowest BCUT2D eigenvalue weighted by Crippen LogP contribution is -2.10. The molecule has 1 aromatic heterocycles. The average molecular weight is 706 g/mol. The number of rotatable bonds is 7. The molecule has 0 N–H and O–H groups in total. The molecule has 1 nitrogen and oxygen atoms in total. The molecule has 0 saturated heterocycles. The summed E-state index contributed by atoms with van der Waals surface area (Å²) in [4.78, 5) is 2.42. The average Bonchev–Trinajstić information content (AvgIpc) is 3.64. The van der Waals surface area contributed by atoms with Gasteiger partial charge in [0.15, 0.2) is 0 Å². The van der Waals surface area contributed by atoms with Crippen LogP contribution in [0.5, 0.6) is 0 Å². The van der Waals surface area contributed by atoms with Crippen LogP contribution < -0.4 is 4.90 Å². The van der Waals surface area contributed by atoms with Crippen LogP contribution in [-0.4, -0.2) is 0 Å². The molecule has 0 radical (unpaired) electrons. The Morgan fingerprint density at radius 1 is 0.315 bits per heavy atom. The van der Waals surface area contributed by atoms with Crippen LogP contribution in [0.1, 0.15) is 0 Å². The molecular formula is C52H35NS. The highest BCUT2D eigenvalue weighted by Crippen LogP contribution is 2.45. The van der Waals surface area contributed by atoms with Gasteiger partial charge in [0.2, 0.25) is 0 Å². The first-order valence-electron chi connectivity index (χ1n) is 18.4. The van der Waals surface area contributed by atoms with Crippen LogP contribution in [0.15, 0.2) is 212 Å². The van der Waals surface area contributed by atoms with Gasteiger partial charge in [-0.2, -0.15) is 0 Å². The van der Waals surface area contributed by atoms with E-state index in [-0.39, 0.29) is 0 Å². The highest BCUT2D eigenvalue weighted by atomic mass is 32.1. The highest BCUT2D eigenvalue weighted by Gasteiger charge is 2.19. The van der Waals surface area contributed by atoms with Crippen molar-refractivity contribution in [2.75, 3.05) is 4.90 Å². The quantitative estimate of drug-likeness (QED) is 0.160. The maximum Gasteiger partial charge on any atom is 0.0554 e. The summed E-state index contributed by atoms with van der Waals surface area (Å²) in [5.74, 6) is 0. The van der Waals surface area contributed by atoms with Gasteiger partial charge in [0.1, 0.15) is 0 Å². The number of thiophene rings is 1. The van der Waals surface area contributed by atoms with Crippen molar-refractivity contribution in [1.82, 2.24) is 0 Å². The lowest BCUT2D eigenvalue weighted by molar-refractivity contribution is 1.30. The molecular weight excluding hydrogens is 671 g/mol. The predicted octanol–water partition coefficient (Wildman–Crippen LogP) is 15.3. The molecule has 0 aliphatic heterocycles. The van der Waals surface area contributed by atoms with E-state index in [1.807, 2.05) is 11.3 Å². The van der Waals surface area contributed by atoms with Crippen LogP contribution in [0.4, 0.5) is 17.1 Å². The first-order chi connectivity index (χ1) is 26.8. The van der Waals surface area contributed by atoms with E-state index < -0.39 is 0 Å². The zero-order valence-electron chi connectivity index (χ0n) is 29.6. The third-order valence-electron chi connectivity index (χ3n) is 10.5. The van der Waals surface area contributed by atoms with Gasteiger partial charge in [0.05, 0.1) is 5.69 Å². The van der Waals surface area contributed by atoms with Crippen LogP contribution in [0, 0.1) is 0 Å². The maximum absolute atomic E-state index is 2.42. The second kappa shape index (κ2) is 13.7. The number of fused-ring (bicyclic) bond motifs is 4. The molecule has 0 unspecified atom stereocenters. The molecule has 0 bridgehead atoms. The lowest BCUT2D eigenvalue weighted by atomic mass is 9.94. The fourth-order valence-corrected chi connectivity index (χ4v) is 9.02. The summed E-state index contributed by atoms with van der Waals surface area (Å²) in [5.41, 5.74) is 13.2. The summed E-state index contributed by atoms with van der Waals surface area (Å²) >= 11 is 1.86. The van der Waals surface area contributed by atoms with Gasteiger partial charge in [0, 0.05) is 31.5 Å². The largest absolute Gasteiger partial charge is 0.310 e. The van der Waals surface area contributed by atoms with Crippen LogP contribution in [0.2, 0.25) is 0 Å². The second-order valence-corrected chi connectivity index (χ2v) is 14.8. The Hall–Kier alpha value is -6.74. The summed E-state index contributed by atoms with van der Waals surface area (Å²) in [6.45, 7) is 0. The maximum atomic E-state index is 2.42. The number of nitrogens with zero attached hydrogens (tertiary/aromatic N) is 1. The van der Waals surface area contributed by atoms with Gasteiger partial charge in [0.25, 0.3) is 0 Å². The third kappa shape index (κ3) is 5.74. The summed E-state index contributed by atoms with van der Waals surface area (Å²) < 4.78 is 2.59. The first-order valence-corrected chi connectivity index (χ1v) is 19.2. The first kappa shape index (κ1) is 32.0. The summed E-state index contributed by atoms with van der Waals surface area (Å²) in [5, 5.41) is 5.07. The molecule has 0 amide bonds. The number of hydrogen-bond acceptors (Lipinski definition) is 2. The zero-order valence-corrected chi connectivity index (χ0v) is 30.4. The van der Waals surface area contributed by atoms with Gasteiger partial charge < -0.3 is 4.90 Å². The van der Waals surface area contributed by atoms with E-state index in [0.29, 0.717) is 0 Å². The Morgan fingerprint density at radius 3 is 1.54 bits per heavy atom. The van der Waals surface area contributed by atoms with Crippen molar-refractivity contribution in [2.45, 2.75) is 0 Å². The molecule has 10 rings (SSSR count). The topological polar surface area (TPSA) is 3.24 Å². The molecule has 0 aliphatic carbocycles. The normalized spacial score (nSPS) is 11.3. The molecule has 0 aliphatic rings. The van der Waals surface area contributed by atoms with E-state index in [2.05, 4.69) is 217 Å². The third-order valence-corrected chi connectivity index (χ3v) is 11.6. The lowest BCUT2D eigenvalue weighted by Gasteiger charge is -2.27. The summed E-state index contributed by atoms with van der Waals surface area (Å²) in [6, 6.07) is 77.1. The Bertz CT molecular complexity index is 2910. The van der Waals surface area contributed by atoms with Crippen molar-refractivity contribution < 1.29 is 0 Å². The molecule has 0 atom stereocenters. The van der Waals surface area contributed by atoms with Crippen LogP contribution in [0.3, 0.4) is 0 Å². The van der Waals surface area contributed by atoms with Gasteiger partial charge in [-0.15, -0.1) is 11.3 Å². The van der Waals surface area contributed by atoms with Gasteiger partial charge in [-0.25, -0.2) is 0 Å². The van der Waals surface area contributed by atoms with Crippen molar-refractivity contribution in [2.24, 2.45) is 0 Å². The monoisotopic (exact) mass is 705 g/mol. The van der Waals surface area contributed by atoms with E-state index >= 15 is 0 Å². The number of hydrogen-bond donors (Lipinski definition) is 0. The van der Waals surface area contributed by atoms with E-state index in [0.717, 1.165) is 11.4 Å². The second-order valence-electron chi connectivity index (χ2n) is 13.7. The molecule has 1 heterocycles. The Kier molecular flexibility index (Phi) is 8.09. The molecule has 0 fully saturated rings. The molecule has 0 spiro atoms. The predicted molar refractivity (Wildman–Crippen MR) is 233 cm³/mol. The van der Waals surface area contributed by atoms with Crippen molar-refractivity contribution in [3.8, 4) is 44.5 Å². The number of anilines is 3. The minimum absolute atomic E-state index is 1.12. The van der Waals surface area contributed by atoms with Crippen molar-refractivity contribution in [1.29, 1.82) is 0 Å². The summed E-state index contributed by atoms with van der Waals surface area (Å²) in [7, 11) is 0. The number of benzene rings is 9. The molecule has 2 heteroatoms. The zero-order chi connectivity index (χ0) is 35.8. The van der Waals surface area contributed by atoms with Crippen LogP contribution >= 0.6 is 11.3 Å². The van der Waals surface area contributed by atoms with Crippen LogP contribution in [-0.2, 0) is 0 Å². The molecule has 9 aromatic carbocycles. The SMILES string of the molecule is c1ccc(-c2ccccc2-c2ccc(N(c3ccc(-c4ccc5cccc(-c6ccccc6)c5c4)cc3)c3cccc4sc5ccccc5c34)cc2)cc1. The van der Waals surface area contributed by atoms with Gasteiger partial charge >= 0.3 is 0 Å². The Balaban J connectivity index is 1.09. The molecule has 54 heavy (non-hydrogen) atoms. The smallest absolute Gasteiger partial charge is 0.0554 e. The Morgan fingerprint density at radius 2 is 0.833 bits per heavy atom. The minimum atomic E-state index is 1.12. The van der Waals surface area contributed by atoms with Gasteiger partial charge in [-0.05, 0) is 104 Å². The van der Waals surface area contributed by atoms with E-state index in [4.69, 9.17) is 0 Å². The van der Waals surface area contributed by atoms with E-state index in [1.54, 1.807) is 0 Å². The summed E-state index contributed by atoms with van der Waals surface area (Å²) in [6.07, 6.45) is 0. The molecule has 254 valence electrons. The van der Waals surface area contributed by atoms with Gasteiger partial charge in [-0.1, -0.05) is 164 Å². The van der Waals surface area contributed by atoms with Crippen LogP contribution in [0.25, 0.3) is 75.5 Å². The van der Waals surface area contributed by atoms with E-state index in [9.17, 15) is 0 Å². The van der Waals surface area contributed by atoms with Crippen molar-refractivity contribution in [3.05, 3.63) is 212 Å². The van der Waals surface area contributed by atoms with Gasteiger partial charge in [-0.3, -0.25) is 0 Å². The minimum Gasteiger partial charge on any atom is -0.310 e. The standard InChI is InChI=1S/C52H35NS/c1-3-13-37(14-4-1)44-18-7-8-19-45(44)40-29-33-43(34-30-40)53(49-22-12-24-51-52(49)47-20-9-10-23-50(47)54-51)42-31-27-36(28-32-42)41-26-25-39-17-11-21-46(48(39)35-41)38-15-5-2-6-16-38/h1-35H. The van der Waals surface area contributed by atoms with Crippen molar-refractivity contribution >= 4 is 59.3 Å². The molecule has 0 saturated carbocycles. The fourth-order valence-electron chi connectivity index (χ4n) is 7.89. The highest BCUT2D eigenvalue weighted by molar-refractivity contribution is 7.26.